The van der Waals surface area contributed by atoms with Crippen molar-refractivity contribution in [1.82, 2.24) is 19.9 Å². The average molecular weight is 540 g/mol. The molecule has 204 valence electrons. The van der Waals surface area contributed by atoms with Crippen LogP contribution in [-0.4, -0.2) is 77.5 Å². The first-order chi connectivity index (χ1) is 19.5. The summed E-state index contributed by atoms with van der Waals surface area (Å²) in [6, 6.07) is 8.26. The van der Waals surface area contributed by atoms with Crippen LogP contribution in [0.3, 0.4) is 0 Å². The minimum absolute atomic E-state index is 0.0474. The number of phenolic OH excluding ortho intramolecular Hbond substituents is 1. The molecule has 3 aliphatic rings. The third kappa shape index (κ3) is 4.57. The van der Waals surface area contributed by atoms with E-state index in [4.69, 9.17) is 25.9 Å². The van der Waals surface area contributed by atoms with E-state index in [9.17, 15) is 9.50 Å². The van der Waals surface area contributed by atoms with E-state index >= 15 is 0 Å². The second-order valence-corrected chi connectivity index (χ2v) is 11.1. The number of aromatic hydroxyl groups is 1. The van der Waals surface area contributed by atoms with Crippen LogP contribution in [0.25, 0.3) is 32.9 Å². The predicted octanol–water partition coefficient (Wildman–Crippen LogP) is 4.37. The SMILES string of the molecule is C#Cc1c(F)ccc2cc(O)cc(-c3cc4nc(OCC5(CN6CCOCC6)CC5)ncc4c(N4CCC4)n3)c12. The number of pyridine rings is 1. The summed E-state index contributed by atoms with van der Waals surface area (Å²) in [7, 11) is 0. The highest BCUT2D eigenvalue weighted by molar-refractivity contribution is 6.03. The molecule has 1 saturated carbocycles. The van der Waals surface area contributed by atoms with Crippen LogP contribution >= 0.6 is 0 Å². The monoisotopic (exact) mass is 539 g/mol. The molecule has 8 nitrogen and oxygen atoms in total. The lowest BCUT2D eigenvalue weighted by Gasteiger charge is -2.33. The molecule has 2 aliphatic heterocycles. The van der Waals surface area contributed by atoms with E-state index in [1.165, 1.54) is 6.07 Å². The number of anilines is 1. The lowest BCUT2D eigenvalue weighted by molar-refractivity contribution is 0.0231. The molecular formula is C31H30FN5O3. The highest BCUT2D eigenvalue weighted by Crippen LogP contribution is 2.46. The summed E-state index contributed by atoms with van der Waals surface area (Å²) in [4.78, 5) is 18.9. The van der Waals surface area contributed by atoms with Crippen molar-refractivity contribution in [3.63, 3.8) is 0 Å². The predicted molar refractivity (Wildman–Crippen MR) is 151 cm³/mol. The molecule has 2 aromatic carbocycles. The quantitative estimate of drug-likeness (QED) is 0.347. The summed E-state index contributed by atoms with van der Waals surface area (Å²) >= 11 is 0. The van der Waals surface area contributed by atoms with E-state index in [0.29, 0.717) is 40.2 Å². The Morgan fingerprint density at radius 3 is 2.65 bits per heavy atom. The van der Waals surface area contributed by atoms with Gasteiger partial charge < -0.3 is 19.5 Å². The molecule has 2 aromatic heterocycles. The molecule has 0 atom stereocenters. The molecule has 4 aromatic rings. The standard InChI is InChI=1S/C31H30FN5O3/c1-2-22-25(32)5-4-20-14-21(38)15-23(28(20)22)26-16-27-24(29(34-26)37-8-3-9-37)17-33-30(35-27)40-19-31(6-7-31)18-36-10-12-39-13-11-36/h1,4-5,14-17,38H,3,6-13,18-19H2. The first-order valence-electron chi connectivity index (χ1n) is 13.8. The summed E-state index contributed by atoms with van der Waals surface area (Å²) in [5.41, 5.74) is 2.05. The zero-order valence-electron chi connectivity index (χ0n) is 22.2. The van der Waals surface area contributed by atoms with E-state index in [1.54, 1.807) is 24.4 Å². The Balaban J connectivity index is 1.27. The van der Waals surface area contributed by atoms with Gasteiger partial charge in [-0.25, -0.2) is 14.4 Å². The maximum atomic E-state index is 14.7. The van der Waals surface area contributed by atoms with Crippen LogP contribution in [0.1, 0.15) is 24.8 Å². The third-order valence-electron chi connectivity index (χ3n) is 8.29. The molecular weight excluding hydrogens is 509 g/mol. The van der Waals surface area contributed by atoms with E-state index in [1.807, 2.05) is 6.07 Å². The smallest absolute Gasteiger partial charge is 0.316 e. The first kappa shape index (κ1) is 25.0. The van der Waals surface area contributed by atoms with Crippen molar-refractivity contribution in [1.29, 1.82) is 0 Å². The molecule has 0 spiro atoms. The van der Waals surface area contributed by atoms with Crippen molar-refractivity contribution in [3.05, 3.63) is 47.9 Å². The molecule has 1 N–H and O–H groups in total. The number of ether oxygens (including phenoxy) is 2. The van der Waals surface area contributed by atoms with E-state index in [-0.39, 0.29) is 16.7 Å². The molecule has 0 bridgehead atoms. The number of morpholine rings is 1. The molecule has 7 rings (SSSR count). The van der Waals surface area contributed by atoms with Crippen molar-refractivity contribution in [2.24, 2.45) is 5.41 Å². The minimum Gasteiger partial charge on any atom is -0.508 e. The molecule has 2 saturated heterocycles. The van der Waals surface area contributed by atoms with Gasteiger partial charge in [-0.15, -0.1) is 6.42 Å². The van der Waals surface area contributed by atoms with Crippen molar-refractivity contribution in [2.75, 3.05) is 57.4 Å². The topological polar surface area (TPSA) is 83.8 Å². The number of rotatable bonds is 7. The van der Waals surface area contributed by atoms with Crippen molar-refractivity contribution in [3.8, 4) is 35.4 Å². The van der Waals surface area contributed by atoms with Gasteiger partial charge in [0, 0.05) is 55.3 Å². The summed E-state index contributed by atoms with van der Waals surface area (Å²) in [5.74, 6) is 2.80. The highest BCUT2D eigenvalue weighted by Gasteiger charge is 2.45. The normalized spacial score (nSPS) is 18.4. The van der Waals surface area contributed by atoms with Crippen LogP contribution in [0, 0.1) is 23.6 Å². The number of hydrogen-bond donors (Lipinski definition) is 1. The molecule has 4 heterocycles. The number of terminal acetylenes is 1. The van der Waals surface area contributed by atoms with E-state index in [2.05, 4.69) is 20.7 Å². The number of fused-ring (bicyclic) bond motifs is 2. The lowest BCUT2D eigenvalue weighted by Crippen LogP contribution is -2.41. The van der Waals surface area contributed by atoms with Crippen LogP contribution in [0.5, 0.6) is 11.8 Å². The first-order valence-corrected chi connectivity index (χ1v) is 13.8. The molecule has 1 aliphatic carbocycles. The zero-order chi connectivity index (χ0) is 27.3. The van der Waals surface area contributed by atoms with Gasteiger partial charge in [0.15, 0.2) is 0 Å². The second-order valence-electron chi connectivity index (χ2n) is 11.1. The van der Waals surface area contributed by atoms with Gasteiger partial charge in [-0.2, -0.15) is 4.98 Å². The molecule has 40 heavy (non-hydrogen) atoms. The number of hydrogen-bond acceptors (Lipinski definition) is 8. The van der Waals surface area contributed by atoms with Gasteiger partial charge in [-0.05, 0) is 48.9 Å². The third-order valence-corrected chi connectivity index (χ3v) is 8.29. The number of halogens is 1. The number of nitrogens with zero attached hydrogens (tertiary/aromatic N) is 5. The fourth-order valence-corrected chi connectivity index (χ4v) is 5.72. The van der Waals surface area contributed by atoms with Crippen molar-refractivity contribution < 1.29 is 19.0 Å². The van der Waals surface area contributed by atoms with Gasteiger partial charge in [-0.1, -0.05) is 12.0 Å². The van der Waals surface area contributed by atoms with Crippen molar-refractivity contribution in [2.45, 2.75) is 19.3 Å². The van der Waals surface area contributed by atoms with Crippen LogP contribution in [0.2, 0.25) is 0 Å². The Morgan fingerprint density at radius 2 is 1.93 bits per heavy atom. The average Bonchev–Trinajstić information content (AvgIpc) is 3.70. The van der Waals surface area contributed by atoms with Crippen LogP contribution in [0.15, 0.2) is 36.5 Å². The Kier molecular flexibility index (Phi) is 6.17. The number of aromatic nitrogens is 3. The minimum atomic E-state index is -0.491. The van der Waals surface area contributed by atoms with Crippen LogP contribution in [-0.2, 0) is 4.74 Å². The van der Waals surface area contributed by atoms with Crippen LogP contribution in [0.4, 0.5) is 10.2 Å². The fourth-order valence-electron chi connectivity index (χ4n) is 5.72. The van der Waals surface area contributed by atoms with Gasteiger partial charge in [-0.3, -0.25) is 4.90 Å². The van der Waals surface area contributed by atoms with Gasteiger partial charge in [0.2, 0.25) is 0 Å². The maximum absolute atomic E-state index is 14.7. The Hall–Kier alpha value is -4.00. The number of phenols is 1. The summed E-state index contributed by atoms with van der Waals surface area (Å²) in [6.07, 6.45) is 10.8. The maximum Gasteiger partial charge on any atom is 0.316 e. The summed E-state index contributed by atoms with van der Waals surface area (Å²) in [5, 5.41) is 12.5. The van der Waals surface area contributed by atoms with Gasteiger partial charge >= 0.3 is 6.01 Å². The molecule has 3 fully saturated rings. The largest absolute Gasteiger partial charge is 0.508 e. The Bertz CT molecular complexity index is 1660. The molecule has 9 heteroatoms. The highest BCUT2D eigenvalue weighted by atomic mass is 19.1. The van der Waals surface area contributed by atoms with E-state index in [0.717, 1.165) is 76.4 Å². The number of benzene rings is 2. The van der Waals surface area contributed by atoms with E-state index < -0.39 is 5.82 Å². The second kappa shape index (κ2) is 9.88. The Morgan fingerprint density at radius 1 is 1.10 bits per heavy atom. The van der Waals surface area contributed by atoms with Crippen molar-refractivity contribution >= 4 is 27.5 Å². The zero-order valence-corrected chi connectivity index (χ0v) is 22.2. The summed E-state index contributed by atoms with van der Waals surface area (Å²) < 4.78 is 26.4. The fraction of sp³-hybridized carbons (Fsp3) is 0.387. The van der Waals surface area contributed by atoms with Gasteiger partial charge in [0.1, 0.15) is 17.4 Å². The molecule has 0 unspecified atom stereocenters. The Labute approximate surface area is 231 Å². The lowest BCUT2D eigenvalue weighted by atomic mass is 9.96. The van der Waals surface area contributed by atoms with Gasteiger partial charge in [0.05, 0.1) is 42.0 Å². The molecule has 0 amide bonds. The van der Waals surface area contributed by atoms with Crippen LogP contribution < -0.4 is 9.64 Å². The summed E-state index contributed by atoms with van der Waals surface area (Å²) in [6.45, 7) is 6.79. The van der Waals surface area contributed by atoms with Gasteiger partial charge in [0.25, 0.3) is 0 Å². The molecule has 0 radical (unpaired) electrons.